The predicted octanol–water partition coefficient (Wildman–Crippen LogP) is 7.04. The highest BCUT2D eigenvalue weighted by molar-refractivity contribution is 5.83. The highest BCUT2D eigenvalue weighted by atomic mass is 16.5. The van der Waals surface area contributed by atoms with Crippen LogP contribution in [0.3, 0.4) is 0 Å². The lowest BCUT2D eigenvalue weighted by Gasteiger charge is -2.10. The Morgan fingerprint density at radius 2 is 1.73 bits per heavy atom. The van der Waals surface area contributed by atoms with Crippen molar-refractivity contribution in [3.05, 3.63) is 71.4 Å². The normalized spacial score (nSPS) is 11.3. The molecule has 0 aliphatic carbocycles. The zero-order chi connectivity index (χ0) is 22.3. The lowest BCUT2D eigenvalue weighted by molar-refractivity contribution is 0.412. The first-order valence-corrected chi connectivity index (χ1v) is 10.8. The van der Waals surface area contributed by atoms with E-state index in [1.54, 1.807) is 13.3 Å². The van der Waals surface area contributed by atoms with Crippen molar-refractivity contribution in [1.29, 1.82) is 0 Å². The molecule has 0 amide bonds. The van der Waals surface area contributed by atoms with E-state index in [0.717, 1.165) is 33.4 Å². The van der Waals surface area contributed by atoms with E-state index in [4.69, 9.17) is 4.74 Å². The number of aromatic nitrogens is 3. The molecule has 1 unspecified atom stereocenters. The molecule has 4 nitrogen and oxygen atoms in total. The Labute approximate surface area is 181 Å². The van der Waals surface area contributed by atoms with Crippen LogP contribution in [0.1, 0.15) is 62.4 Å². The molecule has 0 aliphatic heterocycles. The zero-order valence-corrected chi connectivity index (χ0v) is 19.7. The van der Waals surface area contributed by atoms with Crippen LogP contribution in [0.15, 0.2) is 49.1 Å². The number of rotatable bonds is 3. The smallest absolute Gasteiger partial charge is 0.139 e. The maximum absolute atomic E-state index is 5.23. The van der Waals surface area contributed by atoms with Crippen molar-refractivity contribution in [1.82, 2.24) is 14.4 Å². The van der Waals surface area contributed by atoms with E-state index in [1.165, 1.54) is 17.5 Å². The fourth-order valence-electron chi connectivity index (χ4n) is 3.37. The topological polar surface area (TPSA) is 39.4 Å². The number of aryl methyl sites for hydroxylation is 3. The molecule has 0 N–H and O–H groups in total. The minimum atomic E-state index is 0.621. The summed E-state index contributed by atoms with van der Waals surface area (Å²) in [5.41, 5.74) is 5.97. The molecule has 0 aliphatic rings. The second kappa shape index (κ2) is 10.8. The number of fused-ring (bicyclic) bond motifs is 2. The molecule has 0 fully saturated rings. The van der Waals surface area contributed by atoms with E-state index in [9.17, 15) is 0 Å². The Balaban J connectivity index is 0.000000199. The van der Waals surface area contributed by atoms with Gasteiger partial charge in [-0.25, -0.2) is 4.98 Å². The van der Waals surface area contributed by atoms with Crippen molar-refractivity contribution in [3.8, 4) is 5.75 Å². The van der Waals surface area contributed by atoms with Crippen molar-refractivity contribution in [3.63, 3.8) is 0 Å². The predicted molar refractivity (Wildman–Crippen MR) is 128 cm³/mol. The number of ether oxygens (including phenoxy) is 1. The van der Waals surface area contributed by atoms with Crippen molar-refractivity contribution in [2.45, 2.75) is 60.8 Å². The van der Waals surface area contributed by atoms with Gasteiger partial charge in [-0.15, -0.1) is 0 Å². The highest BCUT2D eigenvalue weighted by Gasteiger charge is 2.08. The molecule has 160 valence electrons. The SMILES string of the molecule is CC.CCC(C)c1cc(C)c2nc(C)cn2c1.COc1cc2ccncc2cc1C. The molecule has 0 saturated carbocycles. The average Bonchev–Trinajstić information content (AvgIpc) is 3.15. The van der Waals surface area contributed by atoms with Gasteiger partial charge in [-0.05, 0) is 73.4 Å². The fraction of sp³-hybridized carbons (Fsp3) is 0.385. The summed E-state index contributed by atoms with van der Waals surface area (Å²) in [5, 5.41) is 2.32. The Morgan fingerprint density at radius 3 is 2.40 bits per heavy atom. The van der Waals surface area contributed by atoms with Gasteiger partial charge in [0.05, 0.1) is 12.8 Å². The van der Waals surface area contributed by atoms with Crippen LogP contribution in [0.5, 0.6) is 5.75 Å². The summed E-state index contributed by atoms with van der Waals surface area (Å²) < 4.78 is 7.38. The Bertz CT molecular complexity index is 1100. The van der Waals surface area contributed by atoms with E-state index in [0.29, 0.717) is 5.92 Å². The molecule has 4 heteroatoms. The number of pyridine rings is 2. The summed E-state index contributed by atoms with van der Waals surface area (Å²) in [6.07, 6.45) is 9.13. The molecule has 3 heterocycles. The maximum Gasteiger partial charge on any atom is 0.139 e. The first kappa shape index (κ1) is 23.4. The van der Waals surface area contributed by atoms with Gasteiger partial charge in [0, 0.05) is 30.2 Å². The minimum absolute atomic E-state index is 0.621. The van der Waals surface area contributed by atoms with Crippen LogP contribution in [-0.4, -0.2) is 21.5 Å². The van der Waals surface area contributed by atoms with E-state index in [-0.39, 0.29) is 0 Å². The van der Waals surface area contributed by atoms with Crippen LogP contribution < -0.4 is 4.74 Å². The summed E-state index contributed by atoms with van der Waals surface area (Å²) in [6, 6.07) is 8.36. The molecule has 30 heavy (non-hydrogen) atoms. The van der Waals surface area contributed by atoms with Crippen molar-refractivity contribution in [2.24, 2.45) is 0 Å². The first-order valence-electron chi connectivity index (χ1n) is 10.8. The molecular formula is C26H35N3O. The molecule has 0 radical (unpaired) electrons. The average molecular weight is 406 g/mol. The Hall–Kier alpha value is -2.88. The Kier molecular flexibility index (Phi) is 8.40. The summed E-state index contributed by atoms with van der Waals surface area (Å²) in [5.74, 6) is 1.55. The van der Waals surface area contributed by atoms with Gasteiger partial charge in [0.1, 0.15) is 11.4 Å². The molecule has 4 rings (SSSR count). The first-order chi connectivity index (χ1) is 14.4. The summed E-state index contributed by atoms with van der Waals surface area (Å²) in [7, 11) is 1.69. The zero-order valence-electron chi connectivity index (χ0n) is 19.7. The van der Waals surface area contributed by atoms with E-state index in [1.807, 2.05) is 46.0 Å². The van der Waals surface area contributed by atoms with Crippen LogP contribution in [0, 0.1) is 20.8 Å². The van der Waals surface area contributed by atoms with Gasteiger partial charge in [-0.2, -0.15) is 0 Å². The molecule has 4 aromatic rings. The lowest BCUT2D eigenvalue weighted by atomic mass is 9.99. The standard InChI is InChI=1S/C13H18N2.C11H11NO.C2H6/c1-5-9(2)12-6-10(3)13-14-11(4)7-15(13)8-12;1-8-5-10-7-12-4-3-9(10)6-11(8)13-2;1-2/h6-9H,5H2,1-4H3;3-7H,1-2H3;1-2H3. The molecule has 1 atom stereocenters. The van der Waals surface area contributed by atoms with Gasteiger partial charge in [-0.3, -0.25) is 4.98 Å². The molecule has 1 aromatic carbocycles. The lowest BCUT2D eigenvalue weighted by Crippen LogP contribution is -1.96. The molecule has 0 bridgehead atoms. The maximum atomic E-state index is 5.23. The number of hydrogen-bond acceptors (Lipinski definition) is 3. The van der Waals surface area contributed by atoms with E-state index < -0.39 is 0 Å². The van der Waals surface area contributed by atoms with Gasteiger partial charge >= 0.3 is 0 Å². The third-order valence-electron chi connectivity index (χ3n) is 5.21. The van der Waals surface area contributed by atoms with Crippen LogP contribution in [0.25, 0.3) is 16.4 Å². The van der Waals surface area contributed by atoms with Crippen LogP contribution in [-0.2, 0) is 0 Å². The second-order valence-electron chi connectivity index (χ2n) is 7.42. The highest BCUT2D eigenvalue weighted by Crippen LogP contribution is 2.24. The molecule has 3 aromatic heterocycles. The Morgan fingerprint density at radius 1 is 1.00 bits per heavy atom. The summed E-state index contributed by atoms with van der Waals surface area (Å²) in [4.78, 5) is 8.57. The van der Waals surface area contributed by atoms with Crippen LogP contribution in [0.2, 0.25) is 0 Å². The third-order valence-corrected chi connectivity index (χ3v) is 5.21. The van der Waals surface area contributed by atoms with Crippen LogP contribution in [0.4, 0.5) is 0 Å². The number of hydrogen-bond donors (Lipinski definition) is 0. The van der Waals surface area contributed by atoms with Gasteiger partial charge in [0.2, 0.25) is 0 Å². The van der Waals surface area contributed by atoms with Gasteiger partial charge in [0.15, 0.2) is 0 Å². The van der Waals surface area contributed by atoms with Gasteiger partial charge < -0.3 is 9.14 Å². The number of imidazole rings is 1. The van der Waals surface area contributed by atoms with Crippen molar-refractivity contribution in [2.75, 3.05) is 7.11 Å². The third kappa shape index (κ3) is 5.38. The summed E-state index contributed by atoms with van der Waals surface area (Å²) in [6.45, 7) is 14.7. The van der Waals surface area contributed by atoms with E-state index >= 15 is 0 Å². The van der Waals surface area contributed by atoms with Crippen molar-refractivity contribution < 1.29 is 4.74 Å². The minimum Gasteiger partial charge on any atom is -0.496 e. The fourth-order valence-corrected chi connectivity index (χ4v) is 3.37. The molecule has 0 spiro atoms. The van der Waals surface area contributed by atoms with Crippen molar-refractivity contribution >= 4 is 16.4 Å². The quantitative estimate of drug-likeness (QED) is 0.367. The number of methoxy groups -OCH3 is 1. The monoisotopic (exact) mass is 405 g/mol. The van der Waals surface area contributed by atoms with Gasteiger partial charge in [0.25, 0.3) is 0 Å². The number of nitrogens with zero attached hydrogens (tertiary/aromatic N) is 3. The largest absolute Gasteiger partial charge is 0.496 e. The van der Waals surface area contributed by atoms with E-state index in [2.05, 4.69) is 59.7 Å². The van der Waals surface area contributed by atoms with Crippen LogP contribution >= 0.6 is 0 Å². The van der Waals surface area contributed by atoms with Gasteiger partial charge in [-0.1, -0.05) is 33.8 Å². The number of benzene rings is 1. The molecular weight excluding hydrogens is 370 g/mol. The molecule has 0 saturated heterocycles. The summed E-state index contributed by atoms with van der Waals surface area (Å²) >= 11 is 0. The second-order valence-corrected chi connectivity index (χ2v) is 7.42.